The van der Waals surface area contributed by atoms with Crippen LogP contribution < -0.4 is 5.09 Å². The summed E-state index contributed by atoms with van der Waals surface area (Å²) < 4.78 is 10.7. The number of hydrogen-bond donors (Lipinski definition) is 6. The average molecular weight is 389 g/mol. The fourth-order valence-corrected chi connectivity index (χ4v) is 2.59. The summed E-state index contributed by atoms with van der Waals surface area (Å²) in [5, 5.41) is 48.7. The topological polar surface area (TPSA) is 141 Å². The molecule has 25 heavy (non-hydrogen) atoms. The van der Waals surface area contributed by atoms with Gasteiger partial charge in [0.25, 0.3) is 0 Å². The third-order valence-electron chi connectivity index (χ3n) is 3.24. The number of nitrogens with one attached hydrogen (secondary N) is 1. The molecule has 0 aromatic rings. The van der Waals surface area contributed by atoms with Gasteiger partial charge in [-0.25, -0.2) is 4.89 Å². The summed E-state index contributed by atoms with van der Waals surface area (Å²) in [6, 6.07) is 0. The number of ether oxygens (including phenoxy) is 1. The first-order valence-corrected chi connectivity index (χ1v) is 9.83. The largest absolute Gasteiger partial charge is 0.394 e. The van der Waals surface area contributed by atoms with Gasteiger partial charge in [0.15, 0.2) is 0 Å². The number of likely N-dealkylation sites (N-methyl/N-ethyl adjacent to an activating group) is 1. The molecule has 10 nitrogen and oxygen atoms in total. The molecule has 0 bridgehead atoms. The Balaban J connectivity index is 3.71. The van der Waals surface area contributed by atoms with Crippen LogP contribution in [-0.4, -0.2) is 122 Å². The van der Waals surface area contributed by atoms with E-state index in [1.54, 1.807) is 6.66 Å². The van der Waals surface area contributed by atoms with Crippen molar-refractivity contribution in [2.24, 2.45) is 0 Å². The van der Waals surface area contributed by atoms with Crippen molar-refractivity contribution in [2.75, 3.05) is 73.4 Å². The molecule has 0 aromatic carbocycles. The Morgan fingerprint density at radius 3 is 2.20 bits per heavy atom. The Kier molecular flexibility index (Phi) is 14.1. The van der Waals surface area contributed by atoms with E-state index in [9.17, 15) is 10.2 Å². The zero-order chi connectivity index (χ0) is 19.3. The molecule has 11 heteroatoms. The fourth-order valence-electron chi connectivity index (χ4n) is 1.83. The normalized spacial score (nSPS) is 17.3. The molecule has 0 saturated heterocycles. The van der Waals surface area contributed by atoms with E-state index < -0.39 is 26.6 Å². The van der Waals surface area contributed by atoms with Gasteiger partial charge in [0.1, 0.15) is 40.2 Å². The maximum Gasteiger partial charge on any atom is 0.139 e. The lowest BCUT2D eigenvalue weighted by Crippen LogP contribution is -2.48. The number of rotatable bonds is 16. The van der Waals surface area contributed by atoms with E-state index in [-0.39, 0.29) is 33.0 Å². The van der Waals surface area contributed by atoms with Crippen molar-refractivity contribution in [3.63, 3.8) is 0 Å². The minimum atomic E-state index is -1.08. The Labute approximate surface area is 150 Å². The quantitative estimate of drug-likeness (QED) is 0.0561. The lowest BCUT2D eigenvalue weighted by atomic mass is 10.3. The molecular formula is C14H34N2O8P+. The van der Waals surface area contributed by atoms with Crippen LogP contribution in [-0.2, 0) is 14.3 Å². The summed E-state index contributed by atoms with van der Waals surface area (Å²) in [6.07, 6.45) is -2.47. The van der Waals surface area contributed by atoms with Crippen LogP contribution in [0.5, 0.6) is 0 Å². The smallest absolute Gasteiger partial charge is 0.139 e. The van der Waals surface area contributed by atoms with Crippen LogP contribution in [0.25, 0.3) is 0 Å². The molecule has 0 fully saturated rings. The maximum atomic E-state index is 9.70. The van der Waals surface area contributed by atoms with Crippen molar-refractivity contribution in [2.45, 2.75) is 18.3 Å². The molecule has 4 atom stereocenters. The van der Waals surface area contributed by atoms with Crippen molar-refractivity contribution in [3.8, 4) is 0 Å². The Morgan fingerprint density at radius 2 is 1.60 bits per heavy atom. The number of nitrogens with zero attached hydrogens (tertiary/aromatic N) is 1. The van der Waals surface area contributed by atoms with Crippen molar-refractivity contribution in [1.82, 2.24) is 5.09 Å². The predicted octanol–water partition coefficient (Wildman–Crippen LogP) is -2.37. The van der Waals surface area contributed by atoms with Crippen LogP contribution in [0.1, 0.15) is 0 Å². The number of hydrogen-bond acceptors (Lipinski definition) is 9. The highest BCUT2D eigenvalue weighted by atomic mass is 31.2. The van der Waals surface area contributed by atoms with Gasteiger partial charge in [-0.05, 0) is 6.66 Å². The average Bonchev–Trinajstić information content (AvgIpc) is 2.56. The Bertz CT molecular complexity index is 327. The zero-order valence-corrected chi connectivity index (χ0v) is 16.1. The number of aliphatic hydroxyl groups is 5. The summed E-state index contributed by atoms with van der Waals surface area (Å²) in [4.78, 5) is 5.14. The van der Waals surface area contributed by atoms with Gasteiger partial charge in [0.2, 0.25) is 0 Å². The molecule has 0 radical (unpaired) electrons. The summed E-state index contributed by atoms with van der Waals surface area (Å²) in [5.74, 6) is 0. The summed E-state index contributed by atoms with van der Waals surface area (Å²) in [6.45, 7) is 2.71. The van der Waals surface area contributed by atoms with Crippen LogP contribution >= 0.6 is 8.30 Å². The standard InChI is InChI=1S/C14H34N2O8P/c1-16(2,7-13(20)8-17)4-5-23-24-25(3)15-6-12(19)10-22-11-14(21)9-18/h12-15,17-21H,4-11H2,1-3H3/q+1. The zero-order valence-electron chi connectivity index (χ0n) is 15.2. The Morgan fingerprint density at radius 1 is 1.00 bits per heavy atom. The highest BCUT2D eigenvalue weighted by Crippen LogP contribution is 2.26. The molecule has 6 N–H and O–H groups in total. The summed E-state index contributed by atoms with van der Waals surface area (Å²) in [5.41, 5.74) is 0. The lowest BCUT2D eigenvalue weighted by molar-refractivity contribution is -0.894. The van der Waals surface area contributed by atoms with Gasteiger partial charge < -0.3 is 34.8 Å². The summed E-state index contributed by atoms with van der Waals surface area (Å²) in [7, 11) is 2.75. The van der Waals surface area contributed by atoms with Crippen LogP contribution in [0.2, 0.25) is 0 Å². The minimum absolute atomic E-state index is 0.0347. The van der Waals surface area contributed by atoms with Gasteiger partial charge in [-0.15, -0.1) is 0 Å². The van der Waals surface area contributed by atoms with Crippen LogP contribution in [0, 0.1) is 0 Å². The second-order valence-electron chi connectivity index (χ2n) is 6.46. The molecule has 0 rings (SSSR count). The van der Waals surface area contributed by atoms with E-state index in [0.717, 1.165) is 0 Å². The number of aliphatic hydroxyl groups excluding tert-OH is 5. The molecular weight excluding hydrogens is 355 g/mol. The summed E-state index contributed by atoms with van der Waals surface area (Å²) >= 11 is 0. The molecule has 0 heterocycles. The Hall–Kier alpha value is 0.0300. The maximum absolute atomic E-state index is 9.70. The second-order valence-corrected chi connectivity index (χ2v) is 7.92. The van der Waals surface area contributed by atoms with Gasteiger partial charge >= 0.3 is 0 Å². The molecule has 0 aliphatic rings. The minimum Gasteiger partial charge on any atom is -0.394 e. The molecule has 0 amide bonds. The van der Waals surface area contributed by atoms with Crippen molar-refractivity contribution >= 4 is 8.30 Å². The van der Waals surface area contributed by atoms with Crippen molar-refractivity contribution in [3.05, 3.63) is 0 Å². The molecule has 4 unspecified atom stereocenters. The molecule has 0 spiro atoms. The van der Waals surface area contributed by atoms with Crippen LogP contribution in [0.15, 0.2) is 0 Å². The molecule has 152 valence electrons. The monoisotopic (exact) mass is 389 g/mol. The van der Waals surface area contributed by atoms with Gasteiger partial charge in [-0.1, -0.05) is 0 Å². The fraction of sp³-hybridized carbons (Fsp3) is 1.00. The van der Waals surface area contributed by atoms with Gasteiger partial charge in [-0.2, -0.15) is 4.67 Å². The molecule has 0 aliphatic heterocycles. The van der Waals surface area contributed by atoms with E-state index in [1.807, 2.05) is 14.1 Å². The van der Waals surface area contributed by atoms with Gasteiger partial charge in [0.05, 0.1) is 46.6 Å². The lowest BCUT2D eigenvalue weighted by Gasteiger charge is -2.31. The SMILES string of the molecule is CP(NCC(O)COCC(O)CO)OOCC[N+](C)(C)CC(O)CO. The van der Waals surface area contributed by atoms with Crippen molar-refractivity contribution in [1.29, 1.82) is 0 Å². The second kappa shape index (κ2) is 14.1. The molecule has 0 aliphatic carbocycles. The van der Waals surface area contributed by atoms with Gasteiger partial charge in [-0.3, -0.25) is 5.09 Å². The van der Waals surface area contributed by atoms with E-state index >= 15 is 0 Å². The predicted molar refractivity (Wildman–Crippen MR) is 92.7 cm³/mol. The highest BCUT2D eigenvalue weighted by molar-refractivity contribution is 7.49. The molecule has 0 aromatic heterocycles. The first-order valence-electron chi connectivity index (χ1n) is 8.12. The van der Waals surface area contributed by atoms with Crippen LogP contribution in [0.3, 0.4) is 0 Å². The van der Waals surface area contributed by atoms with E-state index in [2.05, 4.69) is 5.09 Å². The highest BCUT2D eigenvalue weighted by Gasteiger charge is 2.20. The van der Waals surface area contributed by atoms with E-state index in [0.29, 0.717) is 24.2 Å². The van der Waals surface area contributed by atoms with Gasteiger partial charge in [0, 0.05) is 6.54 Å². The van der Waals surface area contributed by atoms with E-state index in [1.165, 1.54) is 0 Å². The molecule has 0 saturated carbocycles. The third kappa shape index (κ3) is 14.8. The third-order valence-corrected chi connectivity index (χ3v) is 4.20. The number of quaternary nitrogens is 1. The van der Waals surface area contributed by atoms with Crippen LogP contribution in [0.4, 0.5) is 0 Å². The first-order chi connectivity index (χ1) is 11.7. The first kappa shape index (κ1) is 25.0. The van der Waals surface area contributed by atoms with E-state index in [4.69, 9.17) is 29.6 Å². The van der Waals surface area contributed by atoms with Crippen molar-refractivity contribution < 1.29 is 44.3 Å².